The quantitative estimate of drug-likeness (QED) is 0.752. The lowest BCUT2D eigenvalue weighted by Gasteiger charge is -2.11. The zero-order valence-corrected chi connectivity index (χ0v) is 14.4. The van der Waals surface area contributed by atoms with Crippen LogP contribution in [0.2, 0.25) is 0 Å². The van der Waals surface area contributed by atoms with Gasteiger partial charge in [-0.3, -0.25) is 4.79 Å². The van der Waals surface area contributed by atoms with E-state index >= 15 is 0 Å². The Kier molecular flexibility index (Phi) is 6.22. The summed E-state index contributed by atoms with van der Waals surface area (Å²) in [6, 6.07) is 11.9. The molecule has 0 bridgehead atoms. The Balaban J connectivity index is 1.87. The zero-order valence-electron chi connectivity index (χ0n) is 14.4. The lowest BCUT2D eigenvalue weighted by molar-refractivity contribution is -0.115. The monoisotopic (exact) mass is 343 g/mol. The number of anilines is 2. The highest BCUT2D eigenvalue weighted by Crippen LogP contribution is 2.25. The van der Waals surface area contributed by atoms with Crippen molar-refractivity contribution >= 4 is 23.3 Å². The molecule has 7 heteroatoms. The summed E-state index contributed by atoms with van der Waals surface area (Å²) in [7, 11) is 3.04. The van der Waals surface area contributed by atoms with Gasteiger partial charge in [0.25, 0.3) is 0 Å². The van der Waals surface area contributed by atoms with E-state index in [0.29, 0.717) is 22.9 Å². The summed E-state index contributed by atoms with van der Waals surface area (Å²) in [6.07, 6.45) is 0. The molecule has 2 aromatic carbocycles. The van der Waals surface area contributed by atoms with Crippen LogP contribution >= 0.6 is 0 Å². The van der Waals surface area contributed by atoms with E-state index in [4.69, 9.17) is 9.47 Å². The molecule has 0 saturated carbocycles. The Morgan fingerprint density at radius 2 is 1.60 bits per heavy atom. The number of amides is 3. The molecular weight excluding hydrogens is 322 g/mol. The zero-order chi connectivity index (χ0) is 18.2. The summed E-state index contributed by atoms with van der Waals surface area (Å²) < 4.78 is 10.3. The molecule has 0 atom stereocenters. The van der Waals surface area contributed by atoms with Crippen molar-refractivity contribution in [3.63, 3.8) is 0 Å². The highest BCUT2D eigenvalue weighted by Gasteiger charge is 2.08. The third-order valence-electron chi connectivity index (χ3n) is 3.32. The number of rotatable bonds is 6. The normalized spacial score (nSPS) is 9.88. The van der Waals surface area contributed by atoms with E-state index in [2.05, 4.69) is 16.0 Å². The van der Waals surface area contributed by atoms with Crippen molar-refractivity contribution in [2.24, 2.45) is 0 Å². The maximum Gasteiger partial charge on any atom is 0.319 e. The van der Waals surface area contributed by atoms with Gasteiger partial charge in [0, 0.05) is 29.6 Å². The Labute approximate surface area is 146 Å². The van der Waals surface area contributed by atoms with Crippen molar-refractivity contribution in [3.05, 3.63) is 48.0 Å². The number of aryl methyl sites for hydroxylation is 1. The summed E-state index contributed by atoms with van der Waals surface area (Å²) in [5.74, 6) is 0.780. The predicted octanol–water partition coefficient (Wildman–Crippen LogP) is 2.77. The molecule has 0 aliphatic heterocycles. The van der Waals surface area contributed by atoms with E-state index in [1.165, 1.54) is 14.2 Å². The molecule has 0 unspecified atom stereocenters. The van der Waals surface area contributed by atoms with Crippen LogP contribution in [0.4, 0.5) is 16.2 Å². The van der Waals surface area contributed by atoms with Crippen LogP contribution in [0.1, 0.15) is 5.56 Å². The second-order valence-corrected chi connectivity index (χ2v) is 5.33. The number of ether oxygens (including phenoxy) is 2. The van der Waals surface area contributed by atoms with Crippen molar-refractivity contribution in [1.29, 1.82) is 0 Å². The van der Waals surface area contributed by atoms with E-state index in [0.717, 1.165) is 5.56 Å². The lowest BCUT2D eigenvalue weighted by atomic mass is 10.2. The molecule has 0 saturated heterocycles. The molecule has 3 N–H and O–H groups in total. The molecule has 2 aromatic rings. The van der Waals surface area contributed by atoms with E-state index in [1.54, 1.807) is 24.3 Å². The molecule has 0 radical (unpaired) electrons. The highest BCUT2D eigenvalue weighted by atomic mass is 16.5. The molecule has 0 aliphatic rings. The first-order chi connectivity index (χ1) is 12.0. The number of hydrogen-bond acceptors (Lipinski definition) is 4. The van der Waals surface area contributed by atoms with Gasteiger partial charge in [-0.25, -0.2) is 4.79 Å². The molecule has 0 aromatic heterocycles. The van der Waals surface area contributed by atoms with Crippen molar-refractivity contribution in [1.82, 2.24) is 5.32 Å². The smallest absolute Gasteiger partial charge is 0.319 e. The fourth-order valence-corrected chi connectivity index (χ4v) is 2.14. The maximum absolute atomic E-state index is 11.9. The third-order valence-corrected chi connectivity index (χ3v) is 3.32. The largest absolute Gasteiger partial charge is 0.497 e. The van der Waals surface area contributed by atoms with Crippen molar-refractivity contribution in [3.8, 4) is 11.5 Å². The minimum Gasteiger partial charge on any atom is -0.497 e. The van der Waals surface area contributed by atoms with Crippen molar-refractivity contribution in [2.75, 3.05) is 31.4 Å². The average molecular weight is 343 g/mol. The third kappa shape index (κ3) is 5.72. The molecule has 25 heavy (non-hydrogen) atoms. The second kappa shape index (κ2) is 8.58. The van der Waals surface area contributed by atoms with Gasteiger partial charge < -0.3 is 25.4 Å². The van der Waals surface area contributed by atoms with Crippen LogP contribution in [0.3, 0.4) is 0 Å². The fraction of sp³-hybridized carbons (Fsp3) is 0.222. The van der Waals surface area contributed by atoms with Crippen molar-refractivity contribution in [2.45, 2.75) is 6.92 Å². The minimum absolute atomic E-state index is 0.152. The number of benzene rings is 2. The van der Waals surface area contributed by atoms with Crippen LogP contribution in [0, 0.1) is 6.92 Å². The van der Waals surface area contributed by atoms with Gasteiger partial charge in [-0.2, -0.15) is 0 Å². The Hall–Kier alpha value is -3.22. The number of nitrogens with one attached hydrogen (secondary N) is 3. The van der Waals surface area contributed by atoms with E-state index in [1.807, 2.05) is 25.1 Å². The van der Waals surface area contributed by atoms with Crippen LogP contribution in [-0.4, -0.2) is 32.7 Å². The van der Waals surface area contributed by atoms with Crippen LogP contribution in [-0.2, 0) is 4.79 Å². The van der Waals surface area contributed by atoms with Gasteiger partial charge in [0.05, 0.1) is 20.8 Å². The van der Waals surface area contributed by atoms with Gasteiger partial charge in [-0.1, -0.05) is 12.1 Å². The number of methoxy groups -OCH3 is 2. The molecule has 0 fully saturated rings. The molecule has 2 rings (SSSR count). The maximum atomic E-state index is 11.9. The van der Waals surface area contributed by atoms with Crippen LogP contribution < -0.4 is 25.4 Å². The molecule has 7 nitrogen and oxygen atoms in total. The van der Waals surface area contributed by atoms with Gasteiger partial charge >= 0.3 is 6.03 Å². The van der Waals surface area contributed by atoms with Crippen LogP contribution in [0.15, 0.2) is 42.5 Å². The summed E-state index contributed by atoms with van der Waals surface area (Å²) in [5, 5.41) is 7.84. The Bertz CT molecular complexity index is 739. The molecule has 132 valence electrons. The Morgan fingerprint density at radius 1 is 0.920 bits per heavy atom. The molecule has 0 aliphatic carbocycles. The average Bonchev–Trinajstić information content (AvgIpc) is 2.59. The summed E-state index contributed by atoms with van der Waals surface area (Å²) in [5.41, 5.74) is 2.22. The standard InChI is InChI=1S/C18H21N3O4/c1-12-5-4-6-13(7-12)20-17(22)11-19-18(23)21-14-8-15(24-2)10-16(9-14)25-3/h4-10H,11H2,1-3H3,(H,20,22)(H2,19,21,23). The first kappa shape index (κ1) is 18.1. The summed E-state index contributed by atoms with van der Waals surface area (Å²) in [6.45, 7) is 1.78. The van der Waals surface area contributed by atoms with Crippen LogP contribution in [0.25, 0.3) is 0 Å². The van der Waals surface area contributed by atoms with Crippen molar-refractivity contribution < 1.29 is 19.1 Å². The molecule has 0 spiro atoms. The first-order valence-corrected chi connectivity index (χ1v) is 7.64. The van der Waals surface area contributed by atoms with Gasteiger partial charge in [-0.05, 0) is 24.6 Å². The Morgan fingerprint density at radius 3 is 2.20 bits per heavy atom. The minimum atomic E-state index is -0.505. The van der Waals surface area contributed by atoms with Gasteiger partial charge in [0.1, 0.15) is 11.5 Å². The lowest BCUT2D eigenvalue weighted by Crippen LogP contribution is -2.35. The predicted molar refractivity (Wildman–Crippen MR) is 96.4 cm³/mol. The first-order valence-electron chi connectivity index (χ1n) is 7.64. The van der Waals surface area contributed by atoms with Crippen LogP contribution in [0.5, 0.6) is 11.5 Å². The molecule has 0 heterocycles. The number of urea groups is 1. The summed E-state index contributed by atoms with van der Waals surface area (Å²) in [4.78, 5) is 23.8. The number of carbonyl (C=O) groups excluding carboxylic acids is 2. The fourth-order valence-electron chi connectivity index (χ4n) is 2.14. The van der Waals surface area contributed by atoms with E-state index in [-0.39, 0.29) is 12.5 Å². The molecular formula is C18H21N3O4. The highest BCUT2D eigenvalue weighted by molar-refractivity contribution is 5.97. The van der Waals surface area contributed by atoms with Gasteiger partial charge in [0.15, 0.2) is 0 Å². The van der Waals surface area contributed by atoms with E-state index in [9.17, 15) is 9.59 Å². The number of carbonyl (C=O) groups is 2. The van der Waals surface area contributed by atoms with Gasteiger partial charge in [0.2, 0.25) is 5.91 Å². The van der Waals surface area contributed by atoms with Gasteiger partial charge in [-0.15, -0.1) is 0 Å². The van der Waals surface area contributed by atoms with E-state index < -0.39 is 6.03 Å². The summed E-state index contributed by atoms with van der Waals surface area (Å²) >= 11 is 0. The number of hydrogen-bond donors (Lipinski definition) is 3. The second-order valence-electron chi connectivity index (χ2n) is 5.33. The molecule has 3 amide bonds. The topological polar surface area (TPSA) is 88.7 Å². The SMILES string of the molecule is COc1cc(NC(=O)NCC(=O)Nc2cccc(C)c2)cc(OC)c1.